The number of carboxylic acids is 1. The van der Waals surface area contributed by atoms with Crippen LogP contribution in [0.2, 0.25) is 0 Å². The third-order valence-corrected chi connectivity index (χ3v) is 3.82. The number of nitrogens with one attached hydrogen (secondary N) is 1. The van der Waals surface area contributed by atoms with Gasteiger partial charge in [-0.15, -0.1) is 11.3 Å². The molecule has 0 saturated carbocycles. The van der Waals surface area contributed by atoms with Gasteiger partial charge in [-0.3, -0.25) is 0 Å². The summed E-state index contributed by atoms with van der Waals surface area (Å²) in [4.78, 5) is 14.6. The van der Waals surface area contributed by atoms with Crippen LogP contribution in [0.1, 0.15) is 21.1 Å². The van der Waals surface area contributed by atoms with Gasteiger partial charge in [0.2, 0.25) is 5.01 Å². The number of rotatable bonds is 6. The fourth-order valence-electron chi connectivity index (χ4n) is 1.37. The molecule has 2 rings (SSSR count). The monoisotopic (exact) mass is 268 g/mol. The summed E-state index contributed by atoms with van der Waals surface area (Å²) in [5.74, 6) is -0.959. The van der Waals surface area contributed by atoms with Gasteiger partial charge in [0.25, 0.3) is 0 Å². The molecule has 2 aromatic rings. The van der Waals surface area contributed by atoms with Crippen molar-refractivity contribution in [2.24, 2.45) is 0 Å². The van der Waals surface area contributed by atoms with Gasteiger partial charge in [-0.1, -0.05) is 0 Å². The minimum Gasteiger partial charge on any atom is -0.476 e. The van der Waals surface area contributed by atoms with Crippen LogP contribution in [0, 0.1) is 0 Å². The molecule has 0 spiro atoms. The van der Waals surface area contributed by atoms with Crippen molar-refractivity contribution in [2.45, 2.75) is 13.0 Å². The summed E-state index contributed by atoms with van der Waals surface area (Å²) in [5, 5.41) is 18.1. The van der Waals surface area contributed by atoms with Crippen LogP contribution in [0.3, 0.4) is 0 Å². The van der Waals surface area contributed by atoms with Crippen molar-refractivity contribution in [3.8, 4) is 0 Å². The summed E-state index contributed by atoms with van der Waals surface area (Å²) in [5.41, 5.74) is 2.12. The number of aromatic carboxylic acids is 1. The third kappa shape index (κ3) is 3.62. The standard InChI is InChI=1S/C11H12N2O2S2/c14-11(15)10-13-9(7-17-10)5-12-3-1-8-2-4-16-6-8/h2,4,6-7,12H,1,3,5H2,(H,14,15). The van der Waals surface area contributed by atoms with Crippen molar-refractivity contribution < 1.29 is 9.90 Å². The van der Waals surface area contributed by atoms with Gasteiger partial charge in [-0.05, 0) is 35.4 Å². The molecule has 0 atom stereocenters. The minimum atomic E-state index is -0.959. The van der Waals surface area contributed by atoms with Gasteiger partial charge in [-0.2, -0.15) is 11.3 Å². The smallest absolute Gasteiger partial charge is 0.365 e. The van der Waals surface area contributed by atoms with E-state index in [4.69, 9.17) is 5.11 Å². The number of hydrogen-bond acceptors (Lipinski definition) is 5. The average molecular weight is 268 g/mol. The van der Waals surface area contributed by atoms with Crippen molar-refractivity contribution in [3.05, 3.63) is 38.5 Å². The maximum Gasteiger partial charge on any atom is 0.365 e. The highest BCUT2D eigenvalue weighted by molar-refractivity contribution is 7.11. The molecule has 2 N–H and O–H groups in total. The molecule has 0 aliphatic carbocycles. The largest absolute Gasteiger partial charge is 0.476 e. The van der Waals surface area contributed by atoms with Crippen LogP contribution >= 0.6 is 22.7 Å². The Morgan fingerprint density at radius 3 is 3.00 bits per heavy atom. The summed E-state index contributed by atoms with van der Waals surface area (Å²) < 4.78 is 0. The van der Waals surface area contributed by atoms with Gasteiger partial charge in [0, 0.05) is 11.9 Å². The molecule has 0 radical (unpaired) electrons. The molecule has 0 aliphatic heterocycles. The molecule has 0 fully saturated rings. The molecule has 0 aliphatic rings. The minimum absolute atomic E-state index is 0.152. The first-order valence-electron chi connectivity index (χ1n) is 5.15. The van der Waals surface area contributed by atoms with E-state index in [0.717, 1.165) is 30.0 Å². The van der Waals surface area contributed by atoms with Crippen LogP contribution in [0.4, 0.5) is 0 Å². The maximum absolute atomic E-state index is 10.6. The van der Waals surface area contributed by atoms with Crippen molar-refractivity contribution in [3.63, 3.8) is 0 Å². The lowest BCUT2D eigenvalue weighted by atomic mass is 10.2. The molecule has 0 aromatic carbocycles. The summed E-state index contributed by atoms with van der Waals surface area (Å²) >= 11 is 2.86. The lowest BCUT2D eigenvalue weighted by molar-refractivity contribution is 0.0696. The van der Waals surface area contributed by atoms with Gasteiger partial charge in [-0.25, -0.2) is 9.78 Å². The van der Waals surface area contributed by atoms with Crippen LogP contribution in [0.15, 0.2) is 22.2 Å². The summed E-state index contributed by atoms with van der Waals surface area (Å²) in [7, 11) is 0. The molecule has 6 heteroatoms. The SMILES string of the molecule is O=C(O)c1nc(CNCCc2ccsc2)cs1. The number of nitrogens with zero attached hydrogens (tertiary/aromatic N) is 1. The molecule has 2 heterocycles. The number of carbonyl (C=O) groups is 1. The third-order valence-electron chi connectivity index (χ3n) is 2.21. The van der Waals surface area contributed by atoms with E-state index in [-0.39, 0.29) is 5.01 Å². The molecule has 17 heavy (non-hydrogen) atoms. The predicted octanol–water partition coefficient (Wildman–Crippen LogP) is 2.24. The lowest BCUT2D eigenvalue weighted by Crippen LogP contribution is -2.16. The highest BCUT2D eigenvalue weighted by Crippen LogP contribution is 2.09. The Balaban J connectivity index is 1.72. The summed E-state index contributed by atoms with van der Waals surface area (Å²) in [6.45, 7) is 1.49. The Bertz CT molecular complexity index is 479. The Kier molecular flexibility index (Phi) is 4.24. The Morgan fingerprint density at radius 1 is 1.47 bits per heavy atom. The molecular formula is C11H12N2O2S2. The molecule has 2 aromatic heterocycles. The van der Waals surface area contributed by atoms with Crippen LogP contribution in [-0.2, 0) is 13.0 Å². The molecule has 0 saturated heterocycles. The van der Waals surface area contributed by atoms with E-state index < -0.39 is 5.97 Å². The van der Waals surface area contributed by atoms with Crippen LogP contribution in [0.5, 0.6) is 0 Å². The second-order valence-electron chi connectivity index (χ2n) is 3.51. The first-order valence-corrected chi connectivity index (χ1v) is 6.97. The number of carboxylic acid groups (broad SMARTS) is 1. The topological polar surface area (TPSA) is 62.2 Å². The molecule has 0 unspecified atom stereocenters. The highest BCUT2D eigenvalue weighted by atomic mass is 32.1. The number of thiophene rings is 1. The second kappa shape index (κ2) is 5.90. The van der Waals surface area contributed by atoms with E-state index in [1.54, 1.807) is 16.7 Å². The second-order valence-corrected chi connectivity index (χ2v) is 5.15. The summed E-state index contributed by atoms with van der Waals surface area (Å²) in [6, 6.07) is 2.11. The first-order chi connectivity index (χ1) is 8.25. The van der Waals surface area contributed by atoms with E-state index in [1.807, 2.05) is 0 Å². The predicted molar refractivity (Wildman–Crippen MR) is 68.8 cm³/mol. The van der Waals surface area contributed by atoms with Gasteiger partial charge in [0.1, 0.15) is 0 Å². The highest BCUT2D eigenvalue weighted by Gasteiger charge is 2.08. The Hall–Kier alpha value is -1.24. The van der Waals surface area contributed by atoms with Gasteiger partial charge in [0.15, 0.2) is 0 Å². The zero-order valence-corrected chi connectivity index (χ0v) is 10.7. The van der Waals surface area contributed by atoms with Crippen molar-refractivity contribution in [1.29, 1.82) is 0 Å². The van der Waals surface area contributed by atoms with Gasteiger partial charge in [0.05, 0.1) is 5.69 Å². The number of aromatic nitrogens is 1. The normalized spacial score (nSPS) is 10.6. The Morgan fingerprint density at radius 2 is 2.35 bits per heavy atom. The average Bonchev–Trinajstić information content (AvgIpc) is 2.96. The number of hydrogen-bond donors (Lipinski definition) is 2. The fourth-order valence-corrected chi connectivity index (χ4v) is 2.73. The lowest BCUT2D eigenvalue weighted by Gasteiger charge is -2.00. The van der Waals surface area contributed by atoms with Crippen molar-refractivity contribution in [1.82, 2.24) is 10.3 Å². The van der Waals surface area contributed by atoms with Crippen molar-refractivity contribution >= 4 is 28.6 Å². The van der Waals surface area contributed by atoms with Gasteiger partial charge >= 0.3 is 5.97 Å². The zero-order chi connectivity index (χ0) is 12.1. The zero-order valence-electron chi connectivity index (χ0n) is 9.05. The van der Waals surface area contributed by atoms with Gasteiger partial charge < -0.3 is 10.4 Å². The molecule has 90 valence electrons. The van der Waals surface area contributed by atoms with Crippen LogP contribution in [0.25, 0.3) is 0 Å². The first kappa shape index (κ1) is 12.2. The van der Waals surface area contributed by atoms with E-state index in [2.05, 4.69) is 27.1 Å². The van der Waals surface area contributed by atoms with E-state index in [1.165, 1.54) is 5.56 Å². The van der Waals surface area contributed by atoms with Crippen molar-refractivity contribution in [2.75, 3.05) is 6.54 Å². The van der Waals surface area contributed by atoms with E-state index in [9.17, 15) is 4.79 Å². The Labute approximate surface area is 107 Å². The molecule has 0 amide bonds. The quantitative estimate of drug-likeness (QED) is 0.789. The molecular weight excluding hydrogens is 256 g/mol. The molecule has 4 nitrogen and oxygen atoms in total. The maximum atomic E-state index is 10.6. The summed E-state index contributed by atoms with van der Waals surface area (Å²) in [6.07, 6.45) is 0.986. The van der Waals surface area contributed by atoms with E-state index in [0.29, 0.717) is 6.54 Å². The molecule has 0 bridgehead atoms. The van der Waals surface area contributed by atoms with Crippen LogP contribution in [-0.4, -0.2) is 22.6 Å². The fraction of sp³-hybridized carbons (Fsp3) is 0.273. The van der Waals surface area contributed by atoms with Crippen LogP contribution < -0.4 is 5.32 Å². The van der Waals surface area contributed by atoms with E-state index >= 15 is 0 Å². The number of thiazole rings is 1.